The summed E-state index contributed by atoms with van der Waals surface area (Å²) in [6.45, 7) is 3.85. The molecule has 2 aromatic rings. The summed E-state index contributed by atoms with van der Waals surface area (Å²) in [6, 6.07) is 16.6. The third-order valence-corrected chi connectivity index (χ3v) is 2.30. The lowest BCUT2D eigenvalue weighted by Crippen LogP contribution is -2.12. The molecule has 16 heavy (non-hydrogen) atoms. The molecule has 2 heteroatoms. The molecule has 0 unspecified atom stereocenters. The van der Waals surface area contributed by atoms with Crippen LogP contribution in [0.3, 0.4) is 0 Å². The lowest BCUT2D eigenvalue weighted by Gasteiger charge is -2.07. The molecule has 0 heterocycles. The first-order chi connectivity index (χ1) is 7.77. The van der Waals surface area contributed by atoms with Crippen molar-refractivity contribution in [1.82, 2.24) is 0 Å². The molecule has 2 nitrogen and oxygen atoms in total. The molecule has 1 amide bonds. The van der Waals surface area contributed by atoms with Crippen LogP contribution in [-0.4, -0.2) is 5.91 Å². The van der Waals surface area contributed by atoms with Gasteiger partial charge in [-0.3, -0.25) is 4.79 Å². The fraction of sp³-hybridized carbons (Fsp3) is 0. The van der Waals surface area contributed by atoms with Gasteiger partial charge in [0, 0.05) is 11.3 Å². The predicted octanol–water partition coefficient (Wildman–Crippen LogP) is 3.12. The third kappa shape index (κ3) is 2.28. The van der Waals surface area contributed by atoms with Gasteiger partial charge < -0.3 is 5.32 Å². The Labute approximate surface area is 94.9 Å². The summed E-state index contributed by atoms with van der Waals surface area (Å²) in [6.07, 6.45) is 0. The summed E-state index contributed by atoms with van der Waals surface area (Å²) in [4.78, 5) is 11.8. The number of carbonyl (C=O) groups is 1. The molecule has 1 N–H and O–H groups in total. The van der Waals surface area contributed by atoms with E-state index >= 15 is 0 Å². The van der Waals surface area contributed by atoms with Crippen LogP contribution in [0.15, 0.2) is 54.6 Å². The van der Waals surface area contributed by atoms with Gasteiger partial charge in [-0.15, -0.1) is 0 Å². The first kappa shape index (κ1) is 10.4. The lowest BCUT2D eigenvalue weighted by atomic mass is 10.1. The Kier molecular flexibility index (Phi) is 3.01. The van der Waals surface area contributed by atoms with Crippen molar-refractivity contribution in [3.63, 3.8) is 0 Å². The van der Waals surface area contributed by atoms with Crippen molar-refractivity contribution < 1.29 is 4.79 Å². The number of hydrogen-bond acceptors (Lipinski definition) is 1. The van der Waals surface area contributed by atoms with Crippen LogP contribution in [0, 0.1) is 6.92 Å². The van der Waals surface area contributed by atoms with Crippen LogP contribution in [0.5, 0.6) is 0 Å². The minimum absolute atomic E-state index is 0.114. The van der Waals surface area contributed by atoms with E-state index in [0.29, 0.717) is 5.56 Å². The maximum Gasteiger partial charge on any atom is 0.255 e. The van der Waals surface area contributed by atoms with Crippen molar-refractivity contribution in [1.29, 1.82) is 0 Å². The highest BCUT2D eigenvalue weighted by Gasteiger charge is 2.05. The molecule has 0 spiro atoms. The van der Waals surface area contributed by atoms with Crippen molar-refractivity contribution in [2.75, 3.05) is 5.32 Å². The summed E-state index contributed by atoms with van der Waals surface area (Å²) in [5.41, 5.74) is 2.20. The van der Waals surface area contributed by atoms with E-state index in [0.717, 1.165) is 11.3 Å². The summed E-state index contributed by atoms with van der Waals surface area (Å²) >= 11 is 0. The number of carbonyl (C=O) groups excluding carboxylic acids is 1. The number of para-hydroxylation sites is 1. The van der Waals surface area contributed by atoms with Gasteiger partial charge in [0.05, 0.1) is 0 Å². The van der Waals surface area contributed by atoms with E-state index in [1.54, 1.807) is 12.1 Å². The van der Waals surface area contributed by atoms with Crippen LogP contribution in [0.4, 0.5) is 5.69 Å². The molecule has 0 saturated heterocycles. The predicted molar refractivity (Wildman–Crippen MR) is 65.3 cm³/mol. The number of anilines is 1. The maximum atomic E-state index is 11.8. The van der Waals surface area contributed by atoms with Gasteiger partial charge in [-0.25, -0.2) is 0 Å². The summed E-state index contributed by atoms with van der Waals surface area (Å²) in [5, 5.41) is 2.83. The molecule has 0 fully saturated rings. The zero-order valence-corrected chi connectivity index (χ0v) is 8.81. The van der Waals surface area contributed by atoms with Gasteiger partial charge in [0.1, 0.15) is 0 Å². The maximum absolute atomic E-state index is 11.8. The van der Waals surface area contributed by atoms with E-state index in [-0.39, 0.29) is 5.91 Å². The minimum atomic E-state index is -0.114. The van der Waals surface area contributed by atoms with E-state index in [1.807, 2.05) is 42.5 Å². The Bertz CT molecular complexity index is 491. The fourth-order valence-electron chi connectivity index (χ4n) is 1.43. The van der Waals surface area contributed by atoms with Gasteiger partial charge in [-0.1, -0.05) is 36.4 Å². The second kappa shape index (κ2) is 4.62. The van der Waals surface area contributed by atoms with Crippen molar-refractivity contribution >= 4 is 11.6 Å². The Morgan fingerprint density at radius 2 is 1.56 bits per heavy atom. The highest BCUT2D eigenvalue weighted by atomic mass is 16.1. The molecule has 1 radical (unpaired) electrons. The van der Waals surface area contributed by atoms with E-state index < -0.39 is 0 Å². The molecule has 0 atom stereocenters. The molecule has 0 aliphatic rings. The largest absolute Gasteiger partial charge is 0.322 e. The second-order valence-electron chi connectivity index (χ2n) is 3.48. The van der Waals surface area contributed by atoms with Gasteiger partial charge in [0.2, 0.25) is 0 Å². The number of hydrogen-bond donors (Lipinski definition) is 1. The molecule has 0 aromatic heterocycles. The normalized spacial score (nSPS) is 9.81. The molecule has 0 bridgehead atoms. The number of rotatable bonds is 2. The quantitative estimate of drug-likeness (QED) is 0.810. The van der Waals surface area contributed by atoms with Crippen molar-refractivity contribution in [2.45, 2.75) is 0 Å². The fourth-order valence-corrected chi connectivity index (χ4v) is 1.43. The minimum Gasteiger partial charge on any atom is -0.322 e. The molecule has 0 aliphatic carbocycles. The molecule has 0 aliphatic heterocycles. The highest BCUT2D eigenvalue weighted by Crippen LogP contribution is 2.14. The van der Waals surface area contributed by atoms with Crippen LogP contribution < -0.4 is 5.32 Å². The molecule has 79 valence electrons. The Balaban J connectivity index is 2.18. The van der Waals surface area contributed by atoms with E-state index in [4.69, 9.17) is 0 Å². The third-order valence-electron chi connectivity index (χ3n) is 2.30. The van der Waals surface area contributed by atoms with Crippen molar-refractivity contribution in [2.24, 2.45) is 0 Å². The summed E-state index contributed by atoms with van der Waals surface area (Å²) in [5.74, 6) is -0.114. The average molecular weight is 210 g/mol. The molecule has 2 aromatic carbocycles. The number of nitrogens with one attached hydrogen (secondary N) is 1. The van der Waals surface area contributed by atoms with Gasteiger partial charge in [-0.2, -0.15) is 0 Å². The smallest absolute Gasteiger partial charge is 0.255 e. The van der Waals surface area contributed by atoms with Crippen LogP contribution in [0.25, 0.3) is 0 Å². The number of amides is 1. The van der Waals surface area contributed by atoms with Crippen LogP contribution >= 0.6 is 0 Å². The Hall–Kier alpha value is -2.09. The molecular formula is C14H12NO. The molecule has 2 rings (SSSR count). The summed E-state index contributed by atoms with van der Waals surface area (Å²) < 4.78 is 0. The van der Waals surface area contributed by atoms with Gasteiger partial charge in [0.25, 0.3) is 5.91 Å². The number of benzene rings is 2. The Morgan fingerprint density at radius 3 is 2.25 bits per heavy atom. The SMILES string of the molecule is [CH2]c1ccccc1NC(=O)c1ccccc1. The zero-order chi connectivity index (χ0) is 11.4. The Morgan fingerprint density at radius 1 is 0.938 bits per heavy atom. The summed E-state index contributed by atoms with van der Waals surface area (Å²) in [7, 11) is 0. The lowest BCUT2D eigenvalue weighted by molar-refractivity contribution is 0.102. The van der Waals surface area contributed by atoms with Crippen molar-refractivity contribution in [3.05, 3.63) is 72.6 Å². The standard InChI is InChI=1S/C14H12NO/c1-11-7-5-6-10-13(11)15-14(16)12-8-3-2-4-9-12/h2-10H,1H2,(H,15,16). The molecular weight excluding hydrogens is 198 g/mol. The molecule has 0 saturated carbocycles. The van der Waals surface area contributed by atoms with Gasteiger partial charge >= 0.3 is 0 Å². The van der Waals surface area contributed by atoms with Crippen molar-refractivity contribution in [3.8, 4) is 0 Å². The average Bonchev–Trinajstić information content (AvgIpc) is 2.33. The van der Waals surface area contributed by atoms with Crippen LogP contribution in [-0.2, 0) is 0 Å². The topological polar surface area (TPSA) is 29.1 Å². The van der Waals surface area contributed by atoms with E-state index in [9.17, 15) is 4.79 Å². The van der Waals surface area contributed by atoms with Crippen LogP contribution in [0.2, 0.25) is 0 Å². The first-order valence-corrected chi connectivity index (χ1v) is 5.05. The highest BCUT2D eigenvalue weighted by molar-refractivity contribution is 6.04. The van der Waals surface area contributed by atoms with Gasteiger partial charge in [0.15, 0.2) is 0 Å². The van der Waals surface area contributed by atoms with E-state index in [1.165, 1.54) is 0 Å². The van der Waals surface area contributed by atoms with Crippen LogP contribution in [0.1, 0.15) is 15.9 Å². The monoisotopic (exact) mass is 210 g/mol. The first-order valence-electron chi connectivity index (χ1n) is 5.05. The zero-order valence-electron chi connectivity index (χ0n) is 8.81. The van der Waals surface area contributed by atoms with Gasteiger partial charge in [-0.05, 0) is 30.7 Å². The van der Waals surface area contributed by atoms with E-state index in [2.05, 4.69) is 12.2 Å². The second-order valence-corrected chi connectivity index (χ2v) is 3.48.